The molecule has 0 spiro atoms. The van der Waals surface area contributed by atoms with Crippen molar-refractivity contribution in [2.24, 2.45) is 5.10 Å². The van der Waals surface area contributed by atoms with Gasteiger partial charge in [-0.3, -0.25) is 5.43 Å². The first-order valence-corrected chi connectivity index (χ1v) is 6.30. The number of nitrogens with one attached hydrogen (secondary N) is 1. The second kappa shape index (κ2) is 7.17. The van der Waals surface area contributed by atoms with Gasteiger partial charge in [-0.1, -0.05) is 17.7 Å². The molecule has 5 heteroatoms. The molecule has 2 aromatic carbocycles. The van der Waals surface area contributed by atoms with Crippen molar-refractivity contribution in [1.82, 2.24) is 0 Å². The molecule has 4 nitrogen and oxygen atoms in total. The van der Waals surface area contributed by atoms with Gasteiger partial charge in [0, 0.05) is 5.02 Å². The molecule has 0 aliphatic rings. The van der Waals surface area contributed by atoms with E-state index in [1.807, 2.05) is 30.3 Å². The van der Waals surface area contributed by atoms with Crippen LogP contribution in [0, 0.1) is 11.3 Å². The number of benzene rings is 2. The number of nitriles is 1. The topological polar surface area (TPSA) is 57.4 Å². The highest BCUT2D eigenvalue weighted by atomic mass is 35.5. The average molecular weight is 286 g/mol. The Morgan fingerprint density at radius 3 is 2.75 bits per heavy atom. The monoisotopic (exact) mass is 285 g/mol. The van der Waals surface area contributed by atoms with Crippen LogP contribution in [0.25, 0.3) is 0 Å². The highest BCUT2D eigenvalue weighted by molar-refractivity contribution is 6.30. The smallest absolute Gasteiger partial charge is 0.174 e. The highest BCUT2D eigenvalue weighted by Crippen LogP contribution is 2.15. The zero-order valence-electron chi connectivity index (χ0n) is 10.6. The molecule has 0 unspecified atom stereocenters. The number of hydrogen-bond donors (Lipinski definition) is 1. The second-order valence-corrected chi connectivity index (χ2v) is 4.33. The van der Waals surface area contributed by atoms with Crippen LogP contribution in [0.1, 0.15) is 5.56 Å². The number of nitrogens with zero attached hydrogens (tertiary/aromatic N) is 2. The Kier molecular flexibility index (Phi) is 4.99. The number of anilines is 1. The molecule has 0 amide bonds. The summed E-state index contributed by atoms with van der Waals surface area (Å²) in [5.74, 6) is 0.659. The maximum Gasteiger partial charge on any atom is 0.174 e. The van der Waals surface area contributed by atoms with E-state index in [9.17, 15) is 0 Å². The fourth-order valence-electron chi connectivity index (χ4n) is 1.51. The molecule has 0 saturated carbocycles. The lowest BCUT2D eigenvalue weighted by molar-refractivity contribution is 0.368. The van der Waals surface area contributed by atoms with E-state index in [1.54, 1.807) is 30.5 Å². The van der Waals surface area contributed by atoms with Crippen LogP contribution < -0.4 is 10.2 Å². The molecule has 0 atom stereocenters. The predicted molar refractivity (Wildman–Crippen MR) is 80.2 cm³/mol. The second-order valence-electron chi connectivity index (χ2n) is 3.90. The van der Waals surface area contributed by atoms with Gasteiger partial charge in [0.15, 0.2) is 6.61 Å². The highest BCUT2D eigenvalue weighted by Gasteiger charge is 1.94. The summed E-state index contributed by atoms with van der Waals surface area (Å²) < 4.78 is 5.16. The lowest BCUT2D eigenvalue weighted by Crippen LogP contribution is -1.94. The van der Waals surface area contributed by atoms with E-state index in [-0.39, 0.29) is 6.61 Å². The molecule has 100 valence electrons. The minimum Gasteiger partial charge on any atom is -0.479 e. The van der Waals surface area contributed by atoms with Gasteiger partial charge in [0.25, 0.3) is 0 Å². The lowest BCUT2D eigenvalue weighted by atomic mass is 10.2. The van der Waals surface area contributed by atoms with Crippen molar-refractivity contribution >= 4 is 23.5 Å². The fourth-order valence-corrected chi connectivity index (χ4v) is 1.70. The largest absolute Gasteiger partial charge is 0.479 e. The Morgan fingerprint density at radius 1 is 1.25 bits per heavy atom. The van der Waals surface area contributed by atoms with Crippen LogP contribution in [-0.4, -0.2) is 12.8 Å². The minimum absolute atomic E-state index is 0.0454. The zero-order chi connectivity index (χ0) is 14.2. The van der Waals surface area contributed by atoms with E-state index in [0.717, 1.165) is 11.3 Å². The van der Waals surface area contributed by atoms with Gasteiger partial charge in [-0.05, 0) is 48.0 Å². The van der Waals surface area contributed by atoms with Crippen LogP contribution in [0.5, 0.6) is 5.75 Å². The van der Waals surface area contributed by atoms with Gasteiger partial charge in [-0.25, -0.2) is 0 Å². The van der Waals surface area contributed by atoms with Crippen LogP contribution >= 0.6 is 11.6 Å². The number of ether oxygens (including phenoxy) is 1. The molecule has 20 heavy (non-hydrogen) atoms. The lowest BCUT2D eigenvalue weighted by Gasteiger charge is -2.02. The van der Waals surface area contributed by atoms with Crippen molar-refractivity contribution in [3.8, 4) is 11.8 Å². The van der Waals surface area contributed by atoms with E-state index in [4.69, 9.17) is 21.6 Å². The molecular formula is C15H12ClN3O. The Morgan fingerprint density at radius 2 is 2.05 bits per heavy atom. The quantitative estimate of drug-likeness (QED) is 0.673. The van der Waals surface area contributed by atoms with E-state index in [1.165, 1.54) is 0 Å². The molecule has 0 radical (unpaired) electrons. The SMILES string of the molecule is N#CCOc1ccc(/C=N\Nc2cccc(Cl)c2)cc1. The first-order valence-electron chi connectivity index (χ1n) is 5.92. The Hall–Kier alpha value is -2.51. The molecule has 0 aliphatic heterocycles. The molecule has 0 saturated heterocycles. The zero-order valence-corrected chi connectivity index (χ0v) is 11.3. The third-order valence-corrected chi connectivity index (χ3v) is 2.65. The summed E-state index contributed by atoms with van der Waals surface area (Å²) in [6.45, 7) is 0.0454. The molecule has 2 rings (SSSR count). The Balaban J connectivity index is 1.93. The van der Waals surface area contributed by atoms with E-state index in [2.05, 4.69) is 10.5 Å². The number of rotatable bonds is 5. The molecule has 0 bridgehead atoms. The molecule has 0 heterocycles. The summed E-state index contributed by atoms with van der Waals surface area (Å²) in [7, 11) is 0. The van der Waals surface area contributed by atoms with Gasteiger partial charge in [-0.15, -0.1) is 0 Å². The Bertz CT molecular complexity index is 632. The molecule has 0 aromatic heterocycles. The summed E-state index contributed by atoms with van der Waals surface area (Å²) in [6, 6.07) is 16.5. The van der Waals surface area contributed by atoms with Crippen LogP contribution in [-0.2, 0) is 0 Å². The number of hydrogen-bond acceptors (Lipinski definition) is 4. The maximum atomic E-state index is 8.41. The first kappa shape index (κ1) is 13.9. The summed E-state index contributed by atoms with van der Waals surface area (Å²) in [6.07, 6.45) is 1.69. The Labute approximate surface area is 122 Å². The van der Waals surface area contributed by atoms with Crippen molar-refractivity contribution < 1.29 is 4.74 Å². The van der Waals surface area contributed by atoms with Gasteiger partial charge in [-0.2, -0.15) is 10.4 Å². The van der Waals surface area contributed by atoms with Crippen LogP contribution in [0.3, 0.4) is 0 Å². The van der Waals surface area contributed by atoms with Crippen LogP contribution in [0.15, 0.2) is 53.6 Å². The molecule has 0 fully saturated rings. The molecule has 0 aliphatic carbocycles. The van der Waals surface area contributed by atoms with Gasteiger partial charge in [0.05, 0.1) is 11.9 Å². The van der Waals surface area contributed by atoms with Crippen molar-refractivity contribution in [3.05, 3.63) is 59.1 Å². The summed E-state index contributed by atoms with van der Waals surface area (Å²) in [4.78, 5) is 0. The minimum atomic E-state index is 0.0454. The van der Waals surface area contributed by atoms with Crippen molar-refractivity contribution in [2.75, 3.05) is 12.0 Å². The third kappa shape index (κ3) is 4.30. The normalized spacial score (nSPS) is 10.2. The van der Waals surface area contributed by atoms with Gasteiger partial charge in [0.1, 0.15) is 11.8 Å². The van der Waals surface area contributed by atoms with E-state index < -0.39 is 0 Å². The van der Waals surface area contributed by atoms with E-state index >= 15 is 0 Å². The van der Waals surface area contributed by atoms with Gasteiger partial charge >= 0.3 is 0 Å². The van der Waals surface area contributed by atoms with Crippen LogP contribution in [0.2, 0.25) is 5.02 Å². The van der Waals surface area contributed by atoms with Gasteiger partial charge < -0.3 is 4.74 Å². The first-order chi connectivity index (χ1) is 9.78. The fraction of sp³-hybridized carbons (Fsp3) is 0.0667. The van der Waals surface area contributed by atoms with Crippen molar-refractivity contribution in [3.63, 3.8) is 0 Å². The maximum absolute atomic E-state index is 8.41. The number of halogens is 1. The summed E-state index contributed by atoms with van der Waals surface area (Å²) in [5, 5.41) is 13.2. The standard InChI is InChI=1S/C15H12ClN3O/c16-13-2-1-3-14(10-13)19-18-11-12-4-6-15(7-5-12)20-9-8-17/h1-7,10-11,19H,9H2/b18-11-. The predicted octanol–water partition coefficient (Wildman–Crippen LogP) is 3.69. The third-order valence-electron chi connectivity index (χ3n) is 2.42. The summed E-state index contributed by atoms with van der Waals surface area (Å²) >= 11 is 5.87. The molecular weight excluding hydrogens is 274 g/mol. The summed E-state index contributed by atoms with van der Waals surface area (Å²) in [5.41, 5.74) is 4.64. The van der Waals surface area contributed by atoms with Gasteiger partial charge in [0.2, 0.25) is 0 Å². The van der Waals surface area contributed by atoms with Crippen molar-refractivity contribution in [2.45, 2.75) is 0 Å². The van der Waals surface area contributed by atoms with E-state index in [0.29, 0.717) is 10.8 Å². The van der Waals surface area contributed by atoms with Crippen LogP contribution in [0.4, 0.5) is 5.69 Å². The van der Waals surface area contributed by atoms with Crippen molar-refractivity contribution in [1.29, 1.82) is 5.26 Å². The molecule has 2 aromatic rings. The average Bonchev–Trinajstić information content (AvgIpc) is 2.46. The number of hydrazone groups is 1. The molecule has 1 N–H and O–H groups in total.